The molecule has 0 bridgehead atoms. The van der Waals surface area contributed by atoms with Gasteiger partial charge < -0.3 is 20.1 Å². The summed E-state index contributed by atoms with van der Waals surface area (Å²) in [5, 5.41) is 7.79. The molecular weight excluding hydrogens is 374 g/mol. The minimum absolute atomic E-state index is 0.235. The fourth-order valence-corrected chi connectivity index (χ4v) is 2.32. The van der Waals surface area contributed by atoms with Crippen LogP contribution in [-0.2, 0) is 9.53 Å². The molecule has 3 amide bonds. The lowest BCUT2D eigenvalue weighted by Crippen LogP contribution is -2.27. The third-order valence-electron chi connectivity index (χ3n) is 3.54. The third-order valence-corrected chi connectivity index (χ3v) is 3.54. The molecule has 0 aliphatic rings. The monoisotopic (exact) mass is 399 g/mol. The second-order valence-electron chi connectivity index (χ2n) is 7.11. The number of anilines is 2. The van der Waals surface area contributed by atoms with Crippen LogP contribution in [0.25, 0.3) is 0 Å². The summed E-state index contributed by atoms with van der Waals surface area (Å²) in [6.45, 7) is 5.10. The number of amides is 3. The topological polar surface area (TPSA) is 106 Å². The van der Waals surface area contributed by atoms with Crippen LogP contribution in [0.2, 0.25) is 0 Å². The molecule has 0 saturated heterocycles. The van der Waals surface area contributed by atoms with E-state index in [0.29, 0.717) is 22.7 Å². The van der Waals surface area contributed by atoms with Crippen molar-refractivity contribution in [2.24, 2.45) is 0 Å². The van der Waals surface area contributed by atoms with Gasteiger partial charge in [-0.25, -0.2) is 4.79 Å². The quantitative estimate of drug-likeness (QED) is 0.690. The van der Waals surface area contributed by atoms with Crippen LogP contribution in [0.15, 0.2) is 48.5 Å². The molecule has 2 aromatic carbocycles. The summed E-state index contributed by atoms with van der Waals surface area (Å²) in [7, 11) is 1.52. The minimum Gasteiger partial charge on any atom is -0.484 e. The summed E-state index contributed by atoms with van der Waals surface area (Å²) in [6.07, 6.45) is -0.555. The first-order chi connectivity index (χ1) is 13.7. The van der Waals surface area contributed by atoms with Gasteiger partial charge in [0.05, 0.1) is 11.3 Å². The molecule has 0 fully saturated rings. The van der Waals surface area contributed by atoms with Gasteiger partial charge in [0.15, 0.2) is 6.61 Å². The Morgan fingerprint density at radius 3 is 2.21 bits per heavy atom. The Bertz CT molecular complexity index is 873. The molecule has 154 valence electrons. The van der Waals surface area contributed by atoms with Gasteiger partial charge >= 0.3 is 6.09 Å². The first-order valence-corrected chi connectivity index (χ1v) is 9.02. The maximum Gasteiger partial charge on any atom is 0.412 e. The highest BCUT2D eigenvalue weighted by atomic mass is 16.6. The van der Waals surface area contributed by atoms with E-state index in [1.165, 1.54) is 7.05 Å². The Balaban J connectivity index is 1.88. The molecule has 3 N–H and O–H groups in total. The van der Waals surface area contributed by atoms with E-state index in [4.69, 9.17) is 9.47 Å². The van der Waals surface area contributed by atoms with E-state index in [0.717, 1.165) is 0 Å². The molecule has 0 aliphatic heterocycles. The Morgan fingerprint density at radius 1 is 0.931 bits per heavy atom. The third kappa shape index (κ3) is 7.17. The van der Waals surface area contributed by atoms with E-state index < -0.39 is 17.6 Å². The van der Waals surface area contributed by atoms with Gasteiger partial charge in [-0.1, -0.05) is 12.1 Å². The number of carbonyl (C=O) groups excluding carboxylic acids is 3. The summed E-state index contributed by atoms with van der Waals surface area (Å²) in [4.78, 5) is 35.8. The largest absolute Gasteiger partial charge is 0.484 e. The van der Waals surface area contributed by atoms with E-state index >= 15 is 0 Å². The molecule has 0 aliphatic carbocycles. The van der Waals surface area contributed by atoms with Gasteiger partial charge in [-0.05, 0) is 57.2 Å². The van der Waals surface area contributed by atoms with E-state index in [9.17, 15) is 14.4 Å². The molecule has 2 rings (SSSR count). The maximum atomic E-state index is 12.2. The van der Waals surface area contributed by atoms with Crippen LogP contribution in [0.1, 0.15) is 31.1 Å². The fourth-order valence-electron chi connectivity index (χ4n) is 2.32. The number of hydrogen-bond donors (Lipinski definition) is 3. The molecule has 8 heteroatoms. The van der Waals surface area contributed by atoms with Crippen LogP contribution < -0.4 is 20.7 Å². The molecule has 8 nitrogen and oxygen atoms in total. The highest BCUT2D eigenvalue weighted by Crippen LogP contribution is 2.18. The number of ether oxygens (including phenoxy) is 2. The number of nitrogens with one attached hydrogen (secondary N) is 3. The van der Waals surface area contributed by atoms with Gasteiger partial charge in [0.2, 0.25) is 0 Å². The normalized spacial score (nSPS) is 10.6. The van der Waals surface area contributed by atoms with Gasteiger partial charge in [0.1, 0.15) is 11.4 Å². The van der Waals surface area contributed by atoms with E-state index in [1.54, 1.807) is 69.3 Å². The molecular formula is C21H25N3O5. The van der Waals surface area contributed by atoms with Crippen LogP contribution in [0, 0.1) is 0 Å². The van der Waals surface area contributed by atoms with Crippen molar-refractivity contribution < 1.29 is 23.9 Å². The van der Waals surface area contributed by atoms with Crippen molar-refractivity contribution in [3.05, 3.63) is 54.1 Å². The molecule has 2 aromatic rings. The summed E-state index contributed by atoms with van der Waals surface area (Å²) in [6, 6.07) is 13.2. The molecule has 0 aromatic heterocycles. The van der Waals surface area contributed by atoms with Crippen LogP contribution >= 0.6 is 0 Å². The molecule has 0 heterocycles. The van der Waals surface area contributed by atoms with Crippen molar-refractivity contribution in [3.63, 3.8) is 0 Å². The van der Waals surface area contributed by atoms with Crippen LogP contribution in [-0.4, -0.2) is 37.2 Å². The van der Waals surface area contributed by atoms with Crippen molar-refractivity contribution in [2.75, 3.05) is 24.3 Å². The van der Waals surface area contributed by atoms with E-state index in [-0.39, 0.29) is 12.5 Å². The number of para-hydroxylation sites is 1. The van der Waals surface area contributed by atoms with Gasteiger partial charge in [0.25, 0.3) is 11.8 Å². The zero-order chi connectivity index (χ0) is 21.4. The average molecular weight is 399 g/mol. The van der Waals surface area contributed by atoms with Crippen LogP contribution in [0.4, 0.5) is 16.2 Å². The lowest BCUT2D eigenvalue weighted by molar-refractivity contribution is -0.118. The molecule has 29 heavy (non-hydrogen) atoms. The zero-order valence-electron chi connectivity index (χ0n) is 16.9. The molecule has 0 unspecified atom stereocenters. The first-order valence-electron chi connectivity index (χ1n) is 9.02. The lowest BCUT2D eigenvalue weighted by Gasteiger charge is -2.19. The first kappa shape index (κ1) is 21.7. The molecule has 0 saturated carbocycles. The minimum atomic E-state index is -0.586. The van der Waals surface area contributed by atoms with Crippen LogP contribution in [0.3, 0.4) is 0 Å². The summed E-state index contributed by atoms with van der Waals surface area (Å²) >= 11 is 0. The SMILES string of the molecule is CNC(=O)c1ccccc1NC(=O)COc1ccc(NC(=O)OC(C)(C)C)cc1. The average Bonchev–Trinajstić information content (AvgIpc) is 2.66. The Kier molecular flexibility index (Phi) is 7.19. The van der Waals surface area contributed by atoms with Crippen molar-refractivity contribution >= 4 is 29.3 Å². The molecule has 0 atom stereocenters. The van der Waals surface area contributed by atoms with Gasteiger partial charge in [-0.3, -0.25) is 14.9 Å². The van der Waals surface area contributed by atoms with Gasteiger partial charge in [-0.15, -0.1) is 0 Å². The maximum absolute atomic E-state index is 12.2. The summed E-state index contributed by atoms with van der Waals surface area (Å²) in [5.74, 6) is -0.248. The standard InChI is InChI=1S/C21H25N3O5/c1-21(2,3)29-20(27)23-14-9-11-15(12-10-14)28-13-18(25)24-17-8-6-5-7-16(17)19(26)22-4/h5-12H,13H2,1-4H3,(H,22,26)(H,23,27)(H,24,25). The molecule has 0 spiro atoms. The van der Waals surface area contributed by atoms with Crippen molar-refractivity contribution in [2.45, 2.75) is 26.4 Å². The van der Waals surface area contributed by atoms with Crippen molar-refractivity contribution in [1.29, 1.82) is 0 Å². The highest BCUT2D eigenvalue weighted by Gasteiger charge is 2.16. The van der Waals surface area contributed by atoms with Gasteiger partial charge in [0, 0.05) is 12.7 Å². The Labute approximate surface area is 169 Å². The van der Waals surface area contributed by atoms with E-state index in [1.807, 2.05) is 0 Å². The Morgan fingerprint density at radius 2 is 1.59 bits per heavy atom. The fraction of sp³-hybridized carbons (Fsp3) is 0.286. The van der Waals surface area contributed by atoms with Crippen molar-refractivity contribution in [3.8, 4) is 5.75 Å². The predicted molar refractivity (Wildman–Crippen MR) is 110 cm³/mol. The molecule has 0 radical (unpaired) electrons. The predicted octanol–water partition coefficient (Wildman–Crippen LogP) is 3.41. The van der Waals surface area contributed by atoms with Gasteiger partial charge in [-0.2, -0.15) is 0 Å². The number of hydrogen-bond acceptors (Lipinski definition) is 5. The number of benzene rings is 2. The van der Waals surface area contributed by atoms with E-state index in [2.05, 4.69) is 16.0 Å². The lowest BCUT2D eigenvalue weighted by atomic mass is 10.1. The summed E-state index contributed by atoms with van der Waals surface area (Å²) < 4.78 is 10.6. The smallest absolute Gasteiger partial charge is 0.412 e. The highest BCUT2D eigenvalue weighted by molar-refractivity contribution is 6.03. The Hall–Kier alpha value is -3.55. The second kappa shape index (κ2) is 9.59. The summed E-state index contributed by atoms with van der Waals surface area (Å²) in [5.41, 5.74) is 0.713. The van der Waals surface area contributed by atoms with Crippen molar-refractivity contribution in [1.82, 2.24) is 5.32 Å². The zero-order valence-corrected chi connectivity index (χ0v) is 16.9. The number of rotatable bonds is 6. The number of carbonyl (C=O) groups is 3. The second-order valence-corrected chi connectivity index (χ2v) is 7.11. The van der Waals surface area contributed by atoms with Crippen LogP contribution in [0.5, 0.6) is 5.75 Å².